The summed E-state index contributed by atoms with van der Waals surface area (Å²) in [6.07, 6.45) is -13.0. The number of alkyl carbamates (subject to hydrolysis) is 4. The van der Waals surface area contributed by atoms with Gasteiger partial charge < -0.3 is 99.9 Å². The SMILES string of the molecule is C[C@@H]([C@@H](O)[C@H](OCCO)O[C@@H]1[C@@H](O)[C@H](O[C@H]2OC(CNCC3(CNC(=O)OC(C)(C)C)CC3)=CC[C@H]2NC(=O)OC(C)(C)C)[C@@H](NC(=O)OC(C)(C)C)C[C@H]1NC(=O)[C@@H](O)CNC(=O)OC(C)(C)C)N(C)C(=O)OC(C)(C)C. The van der Waals surface area contributed by atoms with Crippen molar-refractivity contribution in [2.24, 2.45) is 5.41 Å². The summed E-state index contributed by atoms with van der Waals surface area (Å²) in [5.41, 5.74) is -4.67. The molecule has 1 heterocycles. The number of hydrogen-bond donors (Lipinski definition) is 10. The Morgan fingerprint density at radius 3 is 1.72 bits per heavy atom. The van der Waals surface area contributed by atoms with E-state index in [1.165, 1.54) is 14.0 Å². The smallest absolute Gasteiger partial charge is 0.410 e. The van der Waals surface area contributed by atoms with Gasteiger partial charge in [0.1, 0.15) is 64.3 Å². The van der Waals surface area contributed by atoms with Crippen molar-refractivity contribution in [2.45, 2.75) is 232 Å². The van der Waals surface area contributed by atoms with E-state index in [0.717, 1.165) is 17.7 Å². The number of carbonyl (C=O) groups is 6. The third-order valence-electron chi connectivity index (χ3n) is 11.8. The number of ether oxygens (including phenoxy) is 9. The lowest BCUT2D eigenvalue weighted by Crippen LogP contribution is -2.68. The Balaban J connectivity index is 2.10. The Bertz CT molecular complexity index is 2020. The normalized spacial score (nSPS) is 24.0. The van der Waals surface area contributed by atoms with Crippen LogP contribution in [0.3, 0.4) is 0 Å². The van der Waals surface area contributed by atoms with Gasteiger partial charge in [-0.15, -0.1) is 0 Å². The van der Waals surface area contributed by atoms with Crippen molar-refractivity contribution in [2.75, 3.05) is 46.4 Å². The molecule has 2 aliphatic carbocycles. The van der Waals surface area contributed by atoms with Crippen molar-refractivity contribution < 1.29 is 91.8 Å². The highest BCUT2D eigenvalue weighted by atomic mass is 16.7. The van der Waals surface area contributed by atoms with Crippen molar-refractivity contribution in [3.8, 4) is 0 Å². The second kappa shape index (κ2) is 28.0. The van der Waals surface area contributed by atoms with Crippen LogP contribution >= 0.6 is 0 Å². The number of amides is 6. The van der Waals surface area contributed by atoms with E-state index in [1.807, 2.05) is 0 Å². The first-order valence-electron chi connectivity index (χ1n) is 26.5. The van der Waals surface area contributed by atoms with E-state index in [9.17, 15) is 49.2 Å². The third-order valence-corrected chi connectivity index (χ3v) is 11.8. The minimum Gasteiger partial charge on any atom is -0.466 e. The summed E-state index contributed by atoms with van der Waals surface area (Å²) in [7, 11) is 1.37. The summed E-state index contributed by atoms with van der Waals surface area (Å²) < 4.78 is 52.8. The second-order valence-corrected chi connectivity index (χ2v) is 25.1. The zero-order valence-corrected chi connectivity index (χ0v) is 48.9. The van der Waals surface area contributed by atoms with Gasteiger partial charge in [-0.3, -0.25) is 4.79 Å². The topological polar surface area (TPSA) is 342 Å². The summed E-state index contributed by atoms with van der Waals surface area (Å²) in [6, 6.07) is -4.84. The first-order chi connectivity index (χ1) is 35.7. The van der Waals surface area contributed by atoms with Gasteiger partial charge in [0, 0.05) is 25.6 Å². The van der Waals surface area contributed by atoms with E-state index in [2.05, 4.69) is 31.9 Å². The van der Waals surface area contributed by atoms with Gasteiger partial charge in [0.25, 0.3) is 5.91 Å². The maximum Gasteiger partial charge on any atom is 0.410 e. The lowest BCUT2D eigenvalue weighted by molar-refractivity contribution is -0.276. The van der Waals surface area contributed by atoms with Gasteiger partial charge in [0.2, 0.25) is 6.29 Å². The average molecular weight is 1120 g/mol. The Labute approximate surface area is 459 Å². The molecule has 78 heavy (non-hydrogen) atoms. The fraction of sp³-hybridized carbons (Fsp3) is 0.846. The molecule has 6 amide bonds. The van der Waals surface area contributed by atoms with Crippen LogP contribution in [0.5, 0.6) is 0 Å². The number of aliphatic hydroxyl groups excluding tert-OH is 4. The summed E-state index contributed by atoms with van der Waals surface area (Å²) in [5.74, 6) is -0.706. The number of aliphatic hydroxyl groups is 4. The minimum atomic E-state index is -1.95. The highest BCUT2D eigenvalue weighted by Crippen LogP contribution is 2.44. The molecule has 0 aromatic carbocycles. The Morgan fingerprint density at radius 2 is 1.21 bits per heavy atom. The fourth-order valence-corrected chi connectivity index (χ4v) is 7.90. The van der Waals surface area contributed by atoms with Crippen LogP contribution in [0, 0.1) is 5.41 Å². The van der Waals surface area contributed by atoms with Crippen LogP contribution in [0.25, 0.3) is 0 Å². The van der Waals surface area contributed by atoms with Gasteiger partial charge >= 0.3 is 30.5 Å². The Hall–Kier alpha value is -4.96. The molecule has 26 nitrogen and oxygen atoms in total. The van der Waals surface area contributed by atoms with Gasteiger partial charge in [-0.2, -0.15) is 0 Å². The molecule has 0 spiro atoms. The molecule has 26 heteroatoms. The largest absolute Gasteiger partial charge is 0.466 e. The zero-order valence-electron chi connectivity index (χ0n) is 48.9. The van der Waals surface area contributed by atoms with E-state index in [4.69, 9.17) is 42.6 Å². The van der Waals surface area contributed by atoms with E-state index in [0.29, 0.717) is 18.8 Å². The molecular weight excluding hydrogens is 1030 g/mol. The van der Waals surface area contributed by atoms with Gasteiger partial charge in [0.05, 0.1) is 50.5 Å². The molecule has 0 bridgehead atoms. The summed E-state index contributed by atoms with van der Waals surface area (Å²) in [6.45, 7) is 25.9. The summed E-state index contributed by atoms with van der Waals surface area (Å²) in [4.78, 5) is 80.2. The van der Waals surface area contributed by atoms with Gasteiger partial charge in [-0.05, 0) is 143 Å². The number of carbonyl (C=O) groups excluding carboxylic acids is 6. The molecule has 3 aliphatic rings. The van der Waals surface area contributed by atoms with E-state index >= 15 is 0 Å². The molecule has 2 fully saturated rings. The Kier molecular flexibility index (Phi) is 24.1. The van der Waals surface area contributed by atoms with Crippen LogP contribution in [-0.2, 0) is 47.4 Å². The molecule has 1 aliphatic heterocycles. The molecule has 0 aromatic rings. The molecular formula is C52H93N7O19. The number of nitrogens with one attached hydrogen (secondary N) is 6. The lowest BCUT2D eigenvalue weighted by atomic mass is 9.83. The second-order valence-electron chi connectivity index (χ2n) is 25.1. The molecule has 0 aromatic heterocycles. The summed E-state index contributed by atoms with van der Waals surface area (Å²) in [5, 5.41) is 62.3. The highest BCUT2D eigenvalue weighted by molar-refractivity contribution is 5.82. The number of rotatable bonds is 22. The fourth-order valence-electron chi connectivity index (χ4n) is 7.90. The number of hydrogen-bond acceptors (Lipinski definition) is 20. The van der Waals surface area contributed by atoms with Crippen molar-refractivity contribution in [3.05, 3.63) is 11.8 Å². The molecule has 450 valence electrons. The molecule has 11 atom stereocenters. The molecule has 2 saturated carbocycles. The molecule has 0 unspecified atom stereocenters. The van der Waals surface area contributed by atoms with Crippen LogP contribution in [0.15, 0.2) is 11.8 Å². The predicted molar refractivity (Wildman–Crippen MR) is 281 cm³/mol. The molecule has 3 rings (SSSR count). The molecule has 0 radical (unpaired) electrons. The van der Waals surface area contributed by atoms with Crippen LogP contribution in [0.4, 0.5) is 24.0 Å². The predicted octanol–water partition coefficient (Wildman–Crippen LogP) is 3.15. The van der Waals surface area contributed by atoms with E-state index < -0.39 is 151 Å². The minimum absolute atomic E-state index is 0.111. The zero-order chi connectivity index (χ0) is 59.4. The van der Waals surface area contributed by atoms with Crippen molar-refractivity contribution in [1.29, 1.82) is 0 Å². The number of nitrogens with zero attached hydrogens (tertiary/aromatic N) is 1. The van der Waals surface area contributed by atoms with Crippen LogP contribution < -0.4 is 31.9 Å². The molecule has 0 saturated heterocycles. The monoisotopic (exact) mass is 1120 g/mol. The first-order valence-corrected chi connectivity index (χ1v) is 26.5. The lowest BCUT2D eigenvalue weighted by Gasteiger charge is -2.47. The number of likely N-dealkylation sites (N-methyl/N-ethyl adjacent to an activating group) is 1. The van der Waals surface area contributed by atoms with Gasteiger partial charge in [0.15, 0.2) is 6.29 Å². The van der Waals surface area contributed by atoms with Crippen LogP contribution in [0.1, 0.15) is 136 Å². The maximum absolute atomic E-state index is 13.9. The molecule has 10 N–H and O–H groups in total. The highest BCUT2D eigenvalue weighted by Gasteiger charge is 2.52. The van der Waals surface area contributed by atoms with E-state index in [1.54, 1.807) is 110 Å². The first kappa shape index (κ1) is 67.3. The van der Waals surface area contributed by atoms with Crippen molar-refractivity contribution >= 4 is 36.4 Å². The van der Waals surface area contributed by atoms with Crippen molar-refractivity contribution in [1.82, 2.24) is 36.8 Å². The standard InChI is InChI=1S/C52H93N7O19/c1-29(59(17)46(69)78-51(14,15)16)35(62)41(70-23-22-60)73-37-32(56-39(64)34(61)26-54-42(65)74-47(2,3)4)24-33(58-45(68)77-50(11,12)13)38(36(37)63)72-40-31(57-44(67)76-49(8,9)10)19-18-30(71-40)25-53-27-52(20-21-52)28-55-43(66)75-48(5,6)7/h18,29,31-38,40-41,53,60-63H,19-28H2,1-17H3,(H,54,65)(H,55,66)(H,56,64)(H,57,67)(H,58,68)/t29-,31+,32+,33-,34-,35+,36+,37-,38+,40+,41+/m0/s1. The van der Waals surface area contributed by atoms with Crippen molar-refractivity contribution in [3.63, 3.8) is 0 Å². The third kappa shape index (κ3) is 24.2. The van der Waals surface area contributed by atoms with Gasteiger partial charge in [-0.25, -0.2) is 24.0 Å². The Morgan fingerprint density at radius 1 is 0.705 bits per heavy atom. The van der Waals surface area contributed by atoms with Crippen LogP contribution in [-0.4, -0.2) is 203 Å². The quantitative estimate of drug-likeness (QED) is 0.0550. The van der Waals surface area contributed by atoms with E-state index in [-0.39, 0.29) is 24.8 Å². The summed E-state index contributed by atoms with van der Waals surface area (Å²) >= 11 is 0. The van der Waals surface area contributed by atoms with Crippen LogP contribution in [0.2, 0.25) is 0 Å². The van der Waals surface area contributed by atoms with Gasteiger partial charge in [-0.1, -0.05) is 0 Å². The average Bonchev–Trinajstić information content (AvgIpc) is 4.05. The maximum atomic E-state index is 13.9.